The number of hydrogen-bond donors (Lipinski definition) is 1. The zero-order valence-corrected chi connectivity index (χ0v) is 14.5. The molecule has 1 aliphatic rings. The molecule has 0 aliphatic carbocycles. The van der Waals surface area contributed by atoms with Gasteiger partial charge in [-0.15, -0.1) is 11.3 Å². The van der Waals surface area contributed by atoms with Gasteiger partial charge in [0, 0.05) is 24.5 Å². The molecule has 1 aromatic heterocycles. The largest absolute Gasteiger partial charge is 0.382 e. The third-order valence-corrected chi connectivity index (χ3v) is 4.95. The number of benzene rings is 1. The van der Waals surface area contributed by atoms with Crippen molar-refractivity contribution in [1.29, 1.82) is 0 Å². The third kappa shape index (κ3) is 3.44. The molecule has 0 radical (unpaired) electrons. The lowest BCUT2D eigenvalue weighted by molar-refractivity contribution is -0.122. The molecule has 0 saturated carbocycles. The first kappa shape index (κ1) is 16.1. The predicted molar refractivity (Wildman–Crippen MR) is 98.4 cm³/mol. The maximum atomic E-state index is 12.5. The molecule has 1 aliphatic heterocycles. The van der Waals surface area contributed by atoms with Crippen molar-refractivity contribution in [1.82, 2.24) is 10.2 Å². The van der Waals surface area contributed by atoms with Gasteiger partial charge in [0.25, 0.3) is 5.91 Å². The van der Waals surface area contributed by atoms with Crippen LogP contribution in [0.5, 0.6) is 0 Å². The van der Waals surface area contributed by atoms with Crippen molar-refractivity contribution in [2.75, 3.05) is 19.8 Å². The lowest BCUT2D eigenvalue weighted by Crippen LogP contribution is -2.32. The first-order valence-corrected chi connectivity index (χ1v) is 8.88. The molecular weight excluding hydrogens is 328 g/mol. The fraction of sp³-hybridized carbons (Fsp3) is 0.294. The van der Waals surface area contributed by atoms with Crippen LogP contribution in [0.1, 0.15) is 18.9 Å². The van der Waals surface area contributed by atoms with Crippen molar-refractivity contribution in [3.63, 3.8) is 0 Å². The molecule has 1 fully saturated rings. The summed E-state index contributed by atoms with van der Waals surface area (Å²) in [5, 5.41) is 6.72. The summed E-state index contributed by atoms with van der Waals surface area (Å²) in [6.07, 6.45) is 2.66. The summed E-state index contributed by atoms with van der Waals surface area (Å²) in [4.78, 5) is 14.1. The molecule has 23 heavy (non-hydrogen) atoms. The summed E-state index contributed by atoms with van der Waals surface area (Å²) >= 11 is 6.95. The van der Waals surface area contributed by atoms with E-state index in [4.69, 9.17) is 17.0 Å². The highest BCUT2D eigenvalue weighted by molar-refractivity contribution is 7.80. The Balaban J connectivity index is 1.76. The maximum absolute atomic E-state index is 12.5. The van der Waals surface area contributed by atoms with E-state index in [0.717, 1.165) is 17.4 Å². The van der Waals surface area contributed by atoms with Crippen molar-refractivity contribution in [3.8, 4) is 0 Å². The van der Waals surface area contributed by atoms with Crippen LogP contribution in [0.4, 0.5) is 0 Å². The molecule has 1 amide bonds. The average molecular weight is 346 g/mol. The summed E-state index contributed by atoms with van der Waals surface area (Å²) in [5.74, 6) is -0.0678. The van der Waals surface area contributed by atoms with Gasteiger partial charge in [-0.2, -0.15) is 0 Å². The average Bonchev–Trinajstić information content (AvgIpc) is 3.08. The van der Waals surface area contributed by atoms with E-state index in [1.54, 1.807) is 16.2 Å². The minimum atomic E-state index is -0.0678. The molecule has 4 nitrogen and oxygen atoms in total. The quantitative estimate of drug-likeness (QED) is 0.495. The van der Waals surface area contributed by atoms with Crippen molar-refractivity contribution < 1.29 is 9.53 Å². The van der Waals surface area contributed by atoms with Gasteiger partial charge < -0.3 is 10.1 Å². The first-order valence-electron chi connectivity index (χ1n) is 7.59. The first-order chi connectivity index (χ1) is 11.2. The standard InChI is InChI=1S/C17H18N2O2S2/c1-2-21-9-5-8-19-16(20)14(18-17(19)22)10-12-11-23-15-7-4-3-6-13(12)15/h3-4,6-7,10-11H,2,5,8-9H2,1H3,(H,18,22)/b14-10+. The van der Waals surface area contributed by atoms with Gasteiger partial charge in [0.15, 0.2) is 5.11 Å². The number of rotatable bonds is 6. The molecule has 3 rings (SSSR count). The molecule has 120 valence electrons. The van der Waals surface area contributed by atoms with E-state index in [1.807, 2.05) is 25.1 Å². The summed E-state index contributed by atoms with van der Waals surface area (Å²) in [5.41, 5.74) is 1.58. The Bertz CT molecular complexity index is 767. The Hall–Kier alpha value is -1.76. The molecule has 0 unspecified atom stereocenters. The Morgan fingerprint density at radius 2 is 2.22 bits per heavy atom. The monoisotopic (exact) mass is 346 g/mol. The van der Waals surface area contributed by atoms with Gasteiger partial charge in [-0.25, -0.2) is 0 Å². The number of fused-ring (bicyclic) bond motifs is 1. The highest BCUT2D eigenvalue weighted by Gasteiger charge is 2.30. The summed E-state index contributed by atoms with van der Waals surface area (Å²) in [7, 11) is 0. The fourth-order valence-electron chi connectivity index (χ4n) is 2.51. The topological polar surface area (TPSA) is 41.6 Å². The van der Waals surface area contributed by atoms with Crippen LogP contribution in [-0.4, -0.2) is 35.7 Å². The molecule has 2 aromatic rings. The van der Waals surface area contributed by atoms with Gasteiger partial charge in [-0.3, -0.25) is 9.69 Å². The number of nitrogens with one attached hydrogen (secondary N) is 1. The molecule has 1 N–H and O–H groups in total. The van der Waals surface area contributed by atoms with Crippen LogP contribution in [0, 0.1) is 0 Å². The highest BCUT2D eigenvalue weighted by atomic mass is 32.1. The number of hydrogen-bond acceptors (Lipinski definition) is 4. The van der Waals surface area contributed by atoms with Crippen LogP contribution in [0.25, 0.3) is 16.2 Å². The second kappa shape index (κ2) is 7.21. The summed E-state index contributed by atoms with van der Waals surface area (Å²) < 4.78 is 6.52. The molecule has 1 aromatic carbocycles. The van der Waals surface area contributed by atoms with Gasteiger partial charge in [0.1, 0.15) is 5.70 Å². The zero-order valence-electron chi connectivity index (χ0n) is 12.9. The zero-order chi connectivity index (χ0) is 16.2. The predicted octanol–water partition coefficient (Wildman–Crippen LogP) is 3.39. The van der Waals surface area contributed by atoms with E-state index < -0.39 is 0 Å². The minimum absolute atomic E-state index is 0.0678. The van der Waals surface area contributed by atoms with Crippen LogP contribution in [0.3, 0.4) is 0 Å². The van der Waals surface area contributed by atoms with E-state index >= 15 is 0 Å². The van der Waals surface area contributed by atoms with Crippen LogP contribution in [0.15, 0.2) is 35.3 Å². The summed E-state index contributed by atoms with van der Waals surface area (Å²) in [6.45, 7) is 3.86. The van der Waals surface area contributed by atoms with Crippen LogP contribution in [0.2, 0.25) is 0 Å². The SMILES string of the molecule is CCOCCCN1C(=O)/C(=C\c2csc3ccccc23)NC1=S. The van der Waals surface area contributed by atoms with E-state index in [1.165, 1.54) is 4.70 Å². The normalized spacial score (nSPS) is 16.6. The van der Waals surface area contributed by atoms with E-state index in [2.05, 4.69) is 22.8 Å². The van der Waals surface area contributed by atoms with Gasteiger partial charge in [0.05, 0.1) is 0 Å². The van der Waals surface area contributed by atoms with Crippen LogP contribution >= 0.6 is 23.6 Å². The van der Waals surface area contributed by atoms with Gasteiger partial charge in [-0.1, -0.05) is 18.2 Å². The van der Waals surface area contributed by atoms with Crippen LogP contribution < -0.4 is 5.32 Å². The molecule has 0 atom stereocenters. The molecule has 0 bridgehead atoms. The lowest BCUT2D eigenvalue weighted by atomic mass is 10.1. The number of carbonyl (C=O) groups is 1. The smallest absolute Gasteiger partial charge is 0.276 e. The van der Waals surface area contributed by atoms with Crippen molar-refractivity contribution in [3.05, 3.63) is 40.9 Å². The van der Waals surface area contributed by atoms with Crippen LogP contribution in [-0.2, 0) is 9.53 Å². The number of amides is 1. The number of ether oxygens (including phenoxy) is 1. The van der Waals surface area contributed by atoms with E-state index in [-0.39, 0.29) is 5.91 Å². The van der Waals surface area contributed by atoms with Crippen molar-refractivity contribution in [2.24, 2.45) is 0 Å². The number of thiocarbonyl (C=S) groups is 1. The number of carbonyl (C=O) groups excluding carboxylic acids is 1. The second-order valence-corrected chi connectivity index (χ2v) is 6.48. The Labute approximate surface area is 144 Å². The third-order valence-electron chi connectivity index (χ3n) is 3.65. The molecule has 0 spiro atoms. The number of nitrogens with zero attached hydrogens (tertiary/aromatic N) is 1. The van der Waals surface area contributed by atoms with Crippen molar-refractivity contribution in [2.45, 2.75) is 13.3 Å². The minimum Gasteiger partial charge on any atom is -0.382 e. The lowest BCUT2D eigenvalue weighted by Gasteiger charge is -2.13. The van der Waals surface area contributed by atoms with E-state index in [9.17, 15) is 4.79 Å². The number of thiophene rings is 1. The Morgan fingerprint density at radius 3 is 3.04 bits per heavy atom. The molecular formula is C17H18N2O2S2. The summed E-state index contributed by atoms with van der Waals surface area (Å²) in [6, 6.07) is 8.17. The van der Waals surface area contributed by atoms with Crippen molar-refractivity contribution >= 4 is 50.7 Å². The van der Waals surface area contributed by atoms with Gasteiger partial charge >= 0.3 is 0 Å². The van der Waals surface area contributed by atoms with Gasteiger partial charge in [-0.05, 0) is 54.0 Å². The van der Waals surface area contributed by atoms with E-state index in [0.29, 0.717) is 30.6 Å². The molecule has 6 heteroatoms. The Kier molecular flexibility index (Phi) is 5.05. The fourth-order valence-corrected chi connectivity index (χ4v) is 3.71. The Morgan fingerprint density at radius 1 is 1.39 bits per heavy atom. The second-order valence-electron chi connectivity index (χ2n) is 5.18. The molecule has 1 saturated heterocycles. The highest BCUT2D eigenvalue weighted by Crippen LogP contribution is 2.28. The molecule has 2 heterocycles. The maximum Gasteiger partial charge on any atom is 0.276 e. The van der Waals surface area contributed by atoms with Gasteiger partial charge in [0.2, 0.25) is 0 Å².